The summed E-state index contributed by atoms with van der Waals surface area (Å²) in [6.07, 6.45) is 4.04. The molecule has 0 fully saturated rings. The highest BCUT2D eigenvalue weighted by atomic mass is 16.6. The van der Waals surface area contributed by atoms with E-state index in [4.69, 9.17) is 0 Å². The smallest absolute Gasteiger partial charge is 0.358 e. The maximum absolute atomic E-state index is 10.0. The fourth-order valence-corrected chi connectivity index (χ4v) is 0.520. The Bertz CT molecular complexity index is 266. The maximum Gasteiger partial charge on any atom is 0.381 e. The molecule has 10 heavy (non-hydrogen) atoms. The van der Waals surface area contributed by atoms with E-state index in [0.29, 0.717) is 0 Å². The average Bonchev–Trinajstić information content (AvgIpc) is 2.34. The van der Waals surface area contributed by atoms with Gasteiger partial charge in [0.25, 0.3) is 0 Å². The lowest BCUT2D eigenvalue weighted by Gasteiger charge is -1.83. The number of hydrogen-bond acceptors (Lipinski definition) is 3. The van der Waals surface area contributed by atoms with E-state index in [-0.39, 0.29) is 5.82 Å². The first-order chi connectivity index (χ1) is 4.74. The molecule has 1 aromatic heterocycles. The Morgan fingerprint density at radius 3 is 2.90 bits per heavy atom. The van der Waals surface area contributed by atoms with Crippen molar-refractivity contribution in [2.24, 2.45) is 0 Å². The minimum Gasteiger partial charge on any atom is -0.358 e. The lowest BCUT2D eigenvalue weighted by molar-refractivity contribution is -0.389. The molecule has 0 spiro atoms. The molecule has 0 aromatic carbocycles. The minimum absolute atomic E-state index is 0.167. The summed E-state index contributed by atoms with van der Waals surface area (Å²) in [5.41, 5.74) is 0. The lowest BCUT2D eigenvalue weighted by Crippen LogP contribution is -1.85. The molecule has 0 radical (unpaired) electrons. The van der Waals surface area contributed by atoms with Crippen LogP contribution in [-0.4, -0.2) is 14.5 Å². The van der Waals surface area contributed by atoms with E-state index in [1.807, 2.05) is 0 Å². The Balaban J connectivity index is 2.98. The zero-order valence-electron chi connectivity index (χ0n) is 5.10. The van der Waals surface area contributed by atoms with Crippen molar-refractivity contribution in [1.82, 2.24) is 9.55 Å². The number of nitrogens with zero attached hydrogens (tertiary/aromatic N) is 3. The van der Waals surface area contributed by atoms with Crippen LogP contribution >= 0.6 is 0 Å². The normalized spacial score (nSPS) is 9.20. The zero-order chi connectivity index (χ0) is 7.56. The van der Waals surface area contributed by atoms with Crippen LogP contribution in [0.1, 0.15) is 0 Å². The standard InChI is InChI=1S/C5H5N3O2/c1-2-7-3-5(6-4-7)8(9)10/h2-4H,1H2. The molecule has 1 rings (SSSR count). The molecule has 0 N–H and O–H groups in total. The summed E-state index contributed by atoms with van der Waals surface area (Å²) < 4.78 is 1.41. The Kier molecular flexibility index (Phi) is 1.49. The van der Waals surface area contributed by atoms with Gasteiger partial charge in [0.05, 0.1) is 0 Å². The Morgan fingerprint density at radius 2 is 2.60 bits per heavy atom. The summed E-state index contributed by atoms with van der Waals surface area (Å²) in [5.74, 6) is -0.167. The molecular weight excluding hydrogens is 134 g/mol. The predicted molar refractivity (Wildman–Crippen MR) is 35.3 cm³/mol. The molecule has 0 aliphatic carbocycles. The van der Waals surface area contributed by atoms with Gasteiger partial charge in [-0.15, -0.1) is 0 Å². The van der Waals surface area contributed by atoms with E-state index >= 15 is 0 Å². The summed E-state index contributed by atoms with van der Waals surface area (Å²) in [6.45, 7) is 3.40. The zero-order valence-corrected chi connectivity index (χ0v) is 5.10. The first-order valence-corrected chi connectivity index (χ1v) is 2.54. The van der Waals surface area contributed by atoms with Crippen LogP contribution in [0.15, 0.2) is 19.1 Å². The number of rotatable bonds is 2. The van der Waals surface area contributed by atoms with E-state index in [0.717, 1.165) is 0 Å². The van der Waals surface area contributed by atoms with Gasteiger partial charge < -0.3 is 10.1 Å². The first-order valence-electron chi connectivity index (χ1n) is 2.54. The van der Waals surface area contributed by atoms with Gasteiger partial charge in [-0.05, 0) is 9.91 Å². The molecule has 5 heteroatoms. The van der Waals surface area contributed by atoms with Crippen molar-refractivity contribution < 1.29 is 4.92 Å². The monoisotopic (exact) mass is 139 g/mol. The SMILES string of the molecule is C=Cn1cnc([N+](=O)[O-])c1. The number of imidazole rings is 1. The van der Waals surface area contributed by atoms with Gasteiger partial charge in [-0.25, -0.2) is 0 Å². The van der Waals surface area contributed by atoms with E-state index in [1.54, 1.807) is 0 Å². The Morgan fingerprint density at radius 1 is 1.90 bits per heavy atom. The van der Waals surface area contributed by atoms with Gasteiger partial charge in [-0.2, -0.15) is 0 Å². The van der Waals surface area contributed by atoms with Crippen molar-refractivity contribution in [3.63, 3.8) is 0 Å². The fraction of sp³-hybridized carbons (Fsp3) is 0. The molecule has 52 valence electrons. The van der Waals surface area contributed by atoms with Crippen molar-refractivity contribution in [1.29, 1.82) is 0 Å². The van der Waals surface area contributed by atoms with Gasteiger partial charge in [0.15, 0.2) is 0 Å². The quantitative estimate of drug-likeness (QED) is 0.451. The van der Waals surface area contributed by atoms with Crippen LogP contribution < -0.4 is 0 Å². The predicted octanol–water partition coefficient (Wildman–Crippen LogP) is 0.892. The second-order valence-electron chi connectivity index (χ2n) is 1.62. The number of aromatic nitrogens is 2. The highest BCUT2D eigenvalue weighted by Gasteiger charge is 2.06. The van der Waals surface area contributed by atoms with Gasteiger partial charge >= 0.3 is 5.82 Å². The van der Waals surface area contributed by atoms with Crippen molar-refractivity contribution >= 4 is 12.0 Å². The molecule has 0 saturated carbocycles. The Labute approximate surface area is 56.8 Å². The summed E-state index contributed by atoms with van der Waals surface area (Å²) in [5, 5.41) is 10.0. The highest BCUT2D eigenvalue weighted by Crippen LogP contribution is 2.04. The molecule has 1 aromatic rings. The van der Waals surface area contributed by atoms with Crippen molar-refractivity contribution in [3.8, 4) is 0 Å². The van der Waals surface area contributed by atoms with E-state index < -0.39 is 4.92 Å². The van der Waals surface area contributed by atoms with Gasteiger partial charge in [-0.1, -0.05) is 6.58 Å². The van der Waals surface area contributed by atoms with Crippen molar-refractivity contribution in [2.75, 3.05) is 0 Å². The first kappa shape index (κ1) is 6.47. The van der Waals surface area contributed by atoms with Gasteiger partial charge in [0, 0.05) is 6.20 Å². The van der Waals surface area contributed by atoms with Crippen LogP contribution in [0.2, 0.25) is 0 Å². The summed E-state index contributed by atoms with van der Waals surface area (Å²) >= 11 is 0. The van der Waals surface area contributed by atoms with Crippen LogP contribution in [-0.2, 0) is 0 Å². The van der Waals surface area contributed by atoms with Gasteiger partial charge in [0.1, 0.15) is 6.20 Å². The second-order valence-corrected chi connectivity index (χ2v) is 1.62. The van der Waals surface area contributed by atoms with E-state index in [1.165, 1.54) is 23.3 Å². The molecule has 0 amide bonds. The molecule has 0 aliphatic heterocycles. The summed E-state index contributed by atoms with van der Waals surface area (Å²) in [6, 6.07) is 0. The van der Waals surface area contributed by atoms with Gasteiger partial charge in [-0.3, -0.25) is 4.57 Å². The third kappa shape index (κ3) is 1.02. The molecule has 0 atom stereocenters. The third-order valence-corrected chi connectivity index (χ3v) is 0.986. The number of hydrogen-bond donors (Lipinski definition) is 0. The molecule has 0 aliphatic rings. The third-order valence-electron chi connectivity index (χ3n) is 0.986. The van der Waals surface area contributed by atoms with Crippen LogP contribution in [0.3, 0.4) is 0 Å². The molecule has 0 unspecified atom stereocenters. The van der Waals surface area contributed by atoms with Crippen LogP contribution in [0.4, 0.5) is 5.82 Å². The maximum atomic E-state index is 10.0. The molecule has 5 nitrogen and oxygen atoms in total. The highest BCUT2D eigenvalue weighted by molar-refractivity contribution is 5.23. The summed E-state index contributed by atoms with van der Waals surface area (Å²) in [7, 11) is 0. The average molecular weight is 139 g/mol. The lowest BCUT2D eigenvalue weighted by atomic mass is 10.8. The topological polar surface area (TPSA) is 61.0 Å². The van der Waals surface area contributed by atoms with E-state index in [9.17, 15) is 10.1 Å². The fourth-order valence-electron chi connectivity index (χ4n) is 0.520. The second kappa shape index (κ2) is 2.30. The number of nitro groups is 1. The molecular formula is C5H5N3O2. The molecule has 0 bridgehead atoms. The van der Waals surface area contributed by atoms with Crippen LogP contribution in [0, 0.1) is 10.1 Å². The molecule has 0 saturated heterocycles. The van der Waals surface area contributed by atoms with Crippen molar-refractivity contribution in [3.05, 3.63) is 29.2 Å². The Hall–Kier alpha value is -1.65. The van der Waals surface area contributed by atoms with Gasteiger partial charge in [0.2, 0.25) is 6.33 Å². The molecule has 1 heterocycles. The van der Waals surface area contributed by atoms with E-state index in [2.05, 4.69) is 11.6 Å². The largest absolute Gasteiger partial charge is 0.381 e. The minimum atomic E-state index is -0.556. The van der Waals surface area contributed by atoms with Crippen molar-refractivity contribution in [2.45, 2.75) is 0 Å². The van der Waals surface area contributed by atoms with Crippen LogP contribution in [0.5, 0.6) is 0 Å². The summed E-state index contributed by atoms with van der Waals surface area (Å²) in [4.78, 5) is 12.9. The van der Waals surface area contributed by atoms with Crippen LogP contribution in [0.25, 0.3) is 6.20 Å².